The summed E-state index contributed by atoms with van der Waals surface area (Å²) in [6, 6.07) is 13.4. The van der Waals surface area contributed by atoms with Crippen LogP contribution in [0.25, 0.3) is 0 Å². The SMILES string of the molecule is CCc1ccc(N2C(=O)C3C4=C(CCC4)SC3=[N+](Cc3cccc([N+](=O)[O-])c3)C2=O)cc1. The fourth-order valence-electron chi connectivity index (χ4n) is 4.61. The third kappa shape index (κ3) is 3.35. The first kappa shape index (κ1) is 20.6. The lowest BCUT2D eigenvalue weighted by molar-refractivity contribution is -0.443. The first-order valence-corrected chi connectivity index (χ1v) is 11.5. The largest absolute Gasteiger partial charge is 0.506 e. The minimum atomic E-state index is -0.445. The molecule has 8 heteroatoms. The third-order valence-electron chi connectivity index (χ3n) is 6.25. The van der Waals surface area contributed by atoms with Gasteiger partial charge in [-0.05, 0) is 53.9 Å². The molecule has 2 heterocycles. The minimum Gasteiger partial charge on any atom is -0.258 e. The van der Waals surface area contributed by atoms with Gasteiger partial charge in [0.2, 0.25) is 0 Å². The predicted octanol–water partition coefficient (Wildman–Crippen LogP) is 5.04. The number of rotatable bonds is 5. The molecule has 1 aliphatic carbocycles. The molecule has 0 bridgehead atoms. The summed E-state index contributed by atoms with van der Waals surface area (Å²) in [5, 5.41) is 11.9. The summed E-state index contributed by atoms with van der Waals surface area (Å²) in [6.45, 7) is 2.23. The molecule has 2 aliphatic heterocycles. The lowest BCUT2D eigenvalue weighted by Gasteiger charge is -2.25. The van der Waals surface area contributed by atoms with Gasteiger partial charge in [0.25, 0.3) is 5.69 Å². The van der Waals surface area contributed by atoms with E-state index in [0.29, 0.717) is 11.3 Å². The monoisotopic (exact) mass is 448 g/mol. The minimum absolute atomic E-state index is 0.0173. The van der Waals surface area contributed by atoms with Gasteiger partial charge < -0.3 is 0 Å². The van der Waals surface area contributed by atoms with E-state index >= 15 is 0 Å². The fourth-order valence-corrected chi connectivity index (χ4v) is 6.08. The number of urea groups is 1. The molecule has 0 saturated carbocycles. The van der Waals surface area contributed by atoms with E-state index in [0.717, 1.165) is 41.9 Å². The Balaban J connectivity index is 1.59. The number of nitro benzene ring substituents is 1. The number of amides is 3. The highest BCUT2D eigenvalue weighted by atomic mass is 32.2. The van der Waals surface area contributed by atoms with E-state index in [1.54, 1.807) is 16.7 Å². The quantitative estimate of drug-likeness (QED) is 0.364. The van der Waals surface area contributed by atoms with E-state index in [9.17, 15) is 19.7 Å². The number of allylic oxidation sites excluding steroid dienone is 1. The van der Waals surface area contributed by atoms with Crippen molar-refractivity contribution >= 4 is 40.1 Å². The molecule has 2 aromatic carbocycles. The van der Waals surface area contributed by atoms with Crippen LogP contribution in [0, 0.1) is 16.0 Å². The average Bonchev–Trinajstić information content (AvgIpc) is 3.39. The normalized spacial score (nSPS) is 20.2. The molecule has 32 heavy (non-hydrogen) atoms. The zero-order valence-corrected chi connectivity index (χ0v) is 18.4. The predicted molar refractivity (Wildman–Crippen MR) is 123 cm³/mol. The first-order chi connectivity index (χ1) is 15.5. The highest BCUT2D eigenvalue weighted by molar-refractivity contribution is 8.17. The second-order valence-electron chi connectivity index (χ2n) is 8.16. The van der Waals surface area contributed by atoms with E-state index in [1.165, 1.54) is 33.7 Å². The summed E-state index contributed by atoms with van der Waals surface area (Å²) in [6.07, 6.45) is 3.69. The average molecular weight is 449 g/mol. The van der Waals surface area contributed by atoms with Crippen molar-refractivity contribution in [3.05, 3.63) is 80.3 Å². The molecular formula is C24H22N3O4S+. The number of hydrogen-bond acceptors (Lipinski definition) is 5. The molecule has 5 rings (SSSR count). The molecule has 0 fully saturated rings. The van der Waals surface area contributed by atoms with Gasteiger partial charge in [-0.25, -0.2) is 4.79 Å². The van der Waals surface area contributed by atoms with Crippen LogP contribution in [0.15, 0.2) is 59.0 Å². The number of hydrogen-bond donors (Lipinski definition) is 0. The molecule has 0 spiro atoms. The second-order valence-corrected chi connectivity index (χ2v) is 9.28. The van der Waals surface area contributed by atoms with Gasteiger partial charge in [0, 0.05) is 17.7 Å². The zero-order valence-electron chi connectivity index (χ0n) is 17.6. The fraction of sp³-hybridized carbons (Fsp3) is 0.292. The molecule has 2 aromatic rings. The van der Waals surface area contributed by atoms with Gasteiger partial charge >= 0.3 is 11.9 Å². The Labute approximate surface area is 189 Å². The molecule has 7 nitrogen and oxygen atoms in total. The van der Waals surface area contributed by atoms with Crippen LogP contribution < -0.4 is 4.90 Å². The summed E-state index contributed by atoms with van der Waals surface area (Å²) >= 11 is 1.53. The topological polar surface area (TPSA) is 83.5 Å². The summed E-state index contributed by atoms with van der Waals surface area (Å²) in [7, 11) is 0. The Hall–Kier alpha value is -3.26. The van der Waals surface area contributed by atoms with Crippen molar-refractivity contribution in [2.75, 3.05) is 4.90 Å². The highest BCUT2D eigenvalue weighted by Crippen LogP contribution is 2.49. The van der Waals surface area contributed by atoms with E-state index < -0.39 is 16.9 Å². The molecule has 1 atom stereocenters. The highest BCUT2D eigenvalue weighted by Gasteiger charge is 2.54. The second kappa shape index (κ2) is 8.02. The number of benzene rings is 2. The lowest BCUT2D eigenvalue weighted by Crippen LogP contribution is -2.53. The molecule has 0 saturated heterocycles. The maximum absolute atomic E-state index is 13.6. The molecule has 3 amide bonds. The van der Waals surface area contributed by atoms with Gasteiger partial charge in [0.05, 0.1) is 4.92 Å². The van der Waals surface area contributed by atoms with Crippen LogP contribution in [0.3, 0.4) is 0 Å². The number of nitrogens with zero attached hydrogens (tertiary/aromatic N) is 3. The summed E-state index contributed by atoms with van der Waals surface area (Å²) in [5.74, 6) is -0.649. The van der Waals surface area contributed by atoms with Gasteiger partial charge in [-0.15, -0.1) is 4.90 Å². The Morgan fingerprint density at radius 3 is 2.62 bits per heavy atom. The molecule has 0 aromatic heterocycles. The number of carbonyl (C=O) groups excluding carboxylic acids is 2. The Kier molecular flexibility index (Phi) is 5.17. The van der Waals surface area contributed by atoms with Crippen molar-refractivity contribution in [2.24, 2.45) is 5.92 Å². The van der Waals surface area contributed by atoms with Gasteiger partial charge in [-0.1, -0.05) is 43.0 Å². The molecule has 0 radical (unpaired) electrons. The van der Waals surface area contributed by atoms with Crippen molar-refractivity contribution in [2.45, 2.75) is 39.2 Å². The molecular weight excluding hydrogens is 426 g/mol. The Bertz CT molecular complexity index is 1220. The van der Waals surface area contributed by atoms with Gasteiger partial charge in [-0.2, -0.15) is 9.37 Å². The number of fused-ring (bicyclic) bond motifs is 2. The van der Waals surface area contributed by atoms with E-state index in [2.05, 4.69) is 6.92 Å². The lowest BCUT2D eigenvalue weighted by atomic mass is 9.96. The van der Waals surface area contributed by atoms with Crippen molar-refractivity contribution in [1.29, 1.82) is 0 Å². The van der Waals surface area contributed by atoms with Crippen LogP contribution in [0.4, 0.5) is 16.2 Å². The van der Waals surface area contributed by atoms with Crippen molar-refractivity contribution in [3.63, 3.8) is 0 Å². The number of anilines is 1. The van der Waals surface area contributed by atoms with Gasteiger partial charge in [0.1, 0.15) is 12.2 Å². The summed E-state index contributed by atoms with van der Waals surface area (Å²) in [4.78, 5) is 40.4. The van der Waals surface area contributed by atoms with Crippen LogP contribution >= 0.6 is 11.8 Å². The Morgan fingerprint density at radius 2 is 1.91 bits per heavy atom. The third-order valence-corrected chi connectivity index (χ3v) is 7.63. The van der Waals surface area contributed by atoms with E-state index in [1.807, 2.05) is 24.3 Å². The number of nitro groups is 1. The summed E-state index contributed by atoms with van der Waals surface area (Å²) in [5.41, 5.74) is 3.45. The maximum Gasteiger partial charge on any atom is 0.506 e. The number of carbonyl (C=O) groups is 2. The standard InChI is InChI=1S/C24H22N3O4S/c1-2-15-9-11-17(12-10-15)26-22(28)21-19-7-4-8-20(19)32-23(21)25(24(26)29)14-16-5-3-6-18(13-16)27(30)31/h3,5-6,9-13,21H,2,4,7-8,14H2,1H3/q+1. The number of aryl methyl sites for hydroxylation is 1. The zero-order chi connectivity index (χ0) is 22.4. The first-order valence-electron chi connectivity index (χ1n) is 10.7. The Morgan fingerprint density at radius 1 is 1.12 bits per heavy atom. The molecule has 162 valence electrons. The number of thioether (sulfide) groups is 1. The maximum atomic E-state index is 13.6. The molecule has 0 N–H and O–H groups in total. The molecule has 3 aliphatic rings. The van der Waals surface area contributed by atoms with Crippen LogP contribution in [0.5, 0.6) is 0 Å². The van der Waals surface area contributed by atoms with Crippen molar-refractivity contribution < 1.29 is 19.1 Å². The van der Waals surface area contributed by atoms with Crippen LogP contribution in [-0.4, -0.2) is 26.5 Å². The smallest absolute Gasteiger partial charge is 0.258 e. The number of non-ortho nitro benzene ring substituents is 1. The summed E-state index contributed by atoms with van der Waals surface area (Å²) < 4.78 is 1.63. The van der Waals surface area contributed by atoms with E-state index in [4.69, 9.17) is 0 Å². The van der Waals surface area contributed by atoms with Gasteiger partial charge in [-0.3, -0.25) is 10.1 Å². The van der Waals surface area contributed by atoms with Crippen molar-refractivity contribution in [1.82, 2.24) is 0 Å². The van der Waals surface area contributed by atoms with Crippen LogP contribution in [-0.2, 0) is 17.8 Å². The van der Waals surface area contributed by atoms with Gasteiger partial charge in [0.15, 0.2) is 11.0 Å². The van der Waals surface area contributed by atoms with Crippen LogP contribution in [0.2, 0.25) is 0 Å². The van der Waals surface area contributed by atoms with Crippen molar-refractivity contribution in [3.8, 4) is 0 Å². The van der Waals surface area contributed by atoms with E-state index in [-0.39, 0.29) is 18.1 Å². The van der Waals surface area contributed by atoms with Crippen LogP contribution in [0.1, 0.15) is 37.3 Å². The molecule has 1 unspecified atom stereocenters. The number of imide groups is 1.